The highest BCUT2D eigenvalue weighted by molar-refractivity contribution is 7.89. The third-order valence-electron chi connectivity index (χ3n) is 2.77. The highest BCUT2D eigenvalue weighted by Crippen LogP contribution is 2.31. The van der Waals surface area contributed by atoms with E-state index in [9.17, 15) is 13.2 Å². The fraction of sp³-hybridized carbons (Fsp3) is 0.600. The first-order valence-corrected chi connectivity index (χ1v) is 7.10. The van der Waals surface area contributed by atoms with Gasteiger partial charge >= 0.3 is 5.97 Å². The van der Waals surface area contributed by atoms with Crippen LogP contribution in [0.25, 0.3) is 0 Å². The summed E-state index contributed by atoms with van der Waals surface area (Å²) < 4.78 is 25.9. The highest BCUT2D eigenvalue weighted by atomic mass is 32.2. The monoisotopic (exact) mass is 273 g/mol. The number of rotatable bonds is 6. The second-order valence-corrected chi connectivity index (χ2v) is 6.18. The SMILES string of the molecule is Cc1ncc(S(=O)(=O)N(CCC(=O)O)C2CC2)[nH]1. The number of sulfonamides is 1. The highest BCUT2D eigenvalue weighted by Gasteiger charge is 2.38. The molecule has 1 heterocycles. The molecule has 1 aromatic rings. The average Bonchev–Trinajstić information content (AvgIpc) is 2.99. The number of H-pyrrole nitrogens is 1. The first-order chi connectivity index (χ1) is 8.41. The summed E-state index contributed by atoms with van der Waals surface area (Å²) in [4.78, 5) is 17.1. The lowest BCUT2D eigenvalue weighted by atomic mass is 10.4. The van der Waals surface area contributed by atoms with E-state index in [-0.39, 0.29) is 24.0 Å². The number of hydrogen-bond donors (Lipinski definition) is 2. The molecule has 1 aliphatic rings. The van der Waals surface area contributed by atoms with E-state index < -0.39 is 16.0 Å². The summed E-state index contributed by atoms with van der Waals surface area (Å²) in [7, 11) is -3.66. The lowest BCUT2D eigenvalue weighted by molar-refractivity contribution is -0.137. The molecule has 0 spiro atoms. The third-order valence-corrected chi connectivity index (χ3v) is 4.63. The fourth-order valence-electron chi connectivity index (χ4n) is 1.72. The van der Waals surface area contributed by atoms with Crippen LogP contribution in [0.15, 0.2) is 11.2 Å². The Morgan fingerprint density at radius 1 is 1.61 bits per heavy atom. The van der Waals surface area contributed by atoms with E-state index in [1.165, 1.54) is 10.5 Å². The Hall–Kier alpha value is -1.41. The molecule has 0 aromatic carbocycles. The molecule has 2 rings (SSSR count). The number of carbonyl (C=O) groups is 1. The second-order valence-electron chi connectivity index (χ2n) is 4.32. The number of aromatic amines is 1. The zero-order valence-corrected chi connectivity index (χ0v) is 10.8. The molecule has 0 unspecified atom stereocenters. The number of imidazole rings is 1. The van der Waals surface area contributed by atoms with Crippen molar-refractivity contribution in [2.45, 2.75) is 37.3 Å². The van der Waals surface area contributed by atoms with Gasteiger partial charge in [-0.3, -0.25) is 4.79 Å². The van der Waals surface area contributed by atoms with Crippen LogP contribution in [0.1, 0.15) is 25.1 Å². The quantitative estimate of drug-likeness (QED) is 0.778. The number of nitrogens with zero attached hydrogens (tertiary/aromatic N) is 2. The van der Waals surface area contributed by atoms with Gasteiger partial charge < -0.3 is 10.1 Å². The lowest BCUT2D eigenvalue weighted by Crippen LogP contribution is -2.35. The molecule has 18 heavy (non-hydrogen) atoms. The van der Waals surface area contributed by atoms with Crippen molar-refractivity contribution < 1.29 is 18.3 Å². The molecule has 0 aliphatic heterocycles. The van der Waals surface area contributed by atoms with Crippen LogP contribution >= 0.6 is 0 Å². The molecule has 0 amide bonds. The number of carboxylic acid groups (broad SMARTS) is 1. The number of aliphatic carboxylic acids is 1. The number of aryl methyl sites for hydroxylation is 1. The maximum absolute atomic E-state index is 12.3. The van der Waals surface area contributed by atoms with Gasteiger partial charge in [0.05, 0.1) is 12.6 Å². The summed E-state index contributed by atoms with van der Waals surface area (Å²) in [6.07, 6.45) is 2.64. The van der Waals surface area contributed by atoms with Crippen LogP contribution in [-0.4, -0.2) is 46.4 Å². The van der Waals surface area contributed by atoms with Gasteiger partial charge in [-0.25, -0.2) is 13.4 Å². The molecular formula is C10H15N3O4S. The Morgan fingerprint density at radius 2 is 2.28 bits per heavy atom. The summed E-state index contributed by atoms with van der Waals surface area (Å²) in [5, 5.41) is 8.69. The molecule has 0 radical (unpaired) electrons. The minimum atomic E-state index is -3.66. The molecule has 1 aliphatic carbocycles. The number of carboxylic acids is 1. The Labute approximate surface area is 105 Å². The molecule has 0 atom stereocenters. The summed E-state index contributed by atoms with van der Waals surface area (Å²) in [5.41, 5.74) is 0. The van der Waals surface area contributed by atoms with Gasteiger partial charge in [0, 0.05) is 12.6 Å². The third kappa shape index (κ3) is 2.70. The van der Waals surface area contributed by atoms with Gasteiger partial charge in [0.1, 0.15) is 5.82 Å². The molecular weight excluding hydrogens is 258 g/mol. The van der Waals surface area contributed by atoms with Gasteiger partial charge in [0.2, 0.25) is 0 Å². The maximum atomic E-state index is 12.3. The summed E-state index contributed by atoms with van der Waals surface area (Å²) in [5.74, 6) is -0.487. The van der Waals surface area contributed by atoms with Gasteiger partial charge in [-0.1, -0.05) is 0 Å². The van der Waals surface area contributed by atoms with Crippen LogP contribution in [0, 0.1) is 6.92 Å². The van der Waals surface area contributed by atoms with Crippen LogP contribution in [0.4, 0.5) is 0 Å². The fourth-order valence-corrected chi connectivity index (χ4v) is 3.37. The summed E-state index contributed by atoms with van der Waals surface area (Å²) >= 11 is 0. The Morgan fingerprint density at radius 3 is 2.72 bits per heavy atom. The number of aromatic nitrogens is 2. The van der Waals surface area contributed by atoms with Crippen LogP contribution in [-0.2, 0) is 14.8 Å². The van der Waals surface area contributed by atoms with Crippen molar-refractivity contribution in [1.29, 1.82) is 0 Å². The molecule has 1 fully saturated rings. The smallest absolute Gasteiger partial charge is 0.304 e. The zero-order valence-electron chi connectivity index (χ0n) is 9.96. The largest absolute Gasteiger partial charge is 0.481 e. The lowest BCUT2D eigenvalue weighted by Gasteiger charge is -2.19. The Kier molecular flexibility index (Phi) is 3.40. The standard InChI is InChI=1S/C10H15N3O4S/c1-7-11-6-9(12-7)18(16,17)13(8-2-3-8)5-4-10(14)15/h6,8H,2-5H2,1H3,(H,11,12)(H,14,15). The van der Waals surface area contributed by atoms with Crippen LogP contribution in [0.5, 0.6) is 0 Å². The van der Waals surface area contributed by atoms with Crippen molar-refractivity contribution >= 4 is 16.0 Å². The van der Waals surface area contributed by atoms with E-state index >= 15 is 0 Å². The number of hydrogen-bond acceptors (Lipinski definition) is 4. The first kappa shape index (κ1) is 13.0. The maximum Gasteiger partial charge on any atom is 0.304 e. The van der Waals surface area contributed by atoms with Crippen molar-refractivity contribution in [2.75, 3.05) is 6.54 Å². The molecule has 1 saturated carbocycles. The van der Waals surface area contributed by atoms with Crippen molar-refractivity contribution in [2.24, 2.45) is 0 Å². The van der Waals surface area contributed by atoms with E-state index in [1.54, 1.807) is 6.92 Å². The van der Waals surface area contributed by atoms with Gasteiger partial charge in [0.25, 0.3) is 10.0 Å². The van der Waals surface area contributed by atoms with Crippen molar-refractivity contribution in [1.82, 2.24) is 14.3 Å². The van der Waals surface area contributed by atoms with Crippen LogP contribution < -0.4 is 0 Å². The summed E-state index contributed by atoms with van der Waals surface area (Å²) in [6.45, 7) is 1.66. The minimum absolute atomic E-state index is 0.000398. The number of nitrogens with one attached hydrogen (secondary N) is 1. The van der Waals surface area contributed by atoms with Gasteiger partial charge in [0.15, 0.2) is 5.03 Å². The normalized spacial score (nSPS) is 16.1. The van der Waals surface area contributed by atoms with E-state index in [0.29, 0.717) is 5.82 Å². The molecule has 0 bridgehead atoms. The average molecular weight is 273 g/mol. The predicted octanol–water partition coefficient (Wildman–Crippen LogP) is 0.346. The van der Waals surface area contributed by atoms with Crippen molar-refractivity contribution in [3.05, 3.63) is 12.0 Å². The van der Waals surface area contributed by atoms with Gasteiger partial charge in [-0.2, -0.15) is 4.31 Å². The van der Waals surface area contributed by atoms with Gasteiger partial charge in [-0.05, 0) is 19.8 Å². The Balaban J connectivity index is 2.21. The molecule has 2 N–H and O–H groups in total. The van der Waals surface area contributed by atoms with Crippen molar-refractivity contribution in [3.63, 3.8) is 0 Å². The summed E-state index contributed by atoms with van der Waals surface area (Å²) in [6, 6.07) is -0.0713. The van der Waals surface area contributed by atoms with Crippen LogP contribution in [0.3, 0.4) is 0 Å². The van der Waals surface area contributed by atoms with Crippen LogP contribution in [0.2, 0.25) is 0 Å². The van der Waals surface area contributed by atoms with E-state index in [1.807, 2.05) is 0 Å². The molecule has 7 nitrogen and oxygen atoms in total. The molecule has 8 heteroatoms. The van der Waals surface area contributed by atoms with Crippen molar-refractivity contribution in [3.8, 4) is 0 Å². The second kappa shape index (κ2) is 4.69. The first-order valence-electron chi connectivity index (χ1n) is 5.66. The van der Waals surface area contributed by atoms with Gasteiger partial charge in [-0.15, -0.1) is 0 Å². The molecule has 0 saturated heterocycles. The topological polar surface area (TPSA) is 103 Å². The van der Waals surface area contributed by atoms with E-state index in [2.05, 4.69) is 9.97 Å². The molecule has 1 aromatic heterocycles. The Bertz CT molecular complexity index is 547. The van der Waals surface area contributed by atoms with E-state index in [4.69, 9.17) is 5.11 Å². The predicted molar refractivity (Wildman–Crippen MR) is 62.5 cm³/mol. The minimum Gasteiger partial charge on any atom is -0.481 e. The zero-order chi connectivity index (χ0) is 13.3. The van der Waals surface area contributed by atoms with E-state index in [0.717, 1.165) is 12.8 Å². The molecule has 100 valence electrons.